The predicted octanol–water partition coefficient (Wildman–Crippen LogP) is 2.17. The lowest BCUT2D eigenvalue weighted by Gasteiger charge is -2.19. The van der Waals surface area contributed by atoms with Crippen LogP contribution in [-0.2, 0) is 4.79 Å². The second kappa shape index (κ2) is 5.26. The fourth-order valence-corrected chi connectivity index (χ4v) is 1.70. The van der Waals surface area contributed by atoms with Crippen molar-refractivity contribution in [3.8, 4) is 6.07 Å². The van der Waals surface area contributed by atoms with E-state index in [9.17, 15) is 4.79 Å². The van der Waals surface area contributed by atoms with Crippen LogP contribution in [0.4, 0.5) is 0 Å². The average Bonchev–Trinajstić information content (AvgIpc) is 2.25. The van der Waals surface area contributed by atoms with E-state index in [1.54, 1.807) is 18.3 Å². The van der Waals surface area contributed by atoms with Crippen LogP contribution in [0.25, 0.3) is 0 Å². The van der Waals surface area contributed by atoms with E-state index >= 15 is 0 Å². The van der Waals surface area contributed by atoms with Gasteiger partial charge in [0.25, 0.3) is 0 Å². The number of pyridine rings is 1. The van der Waals surface area contributed by atoms with E-state index in [2.05, 4.69) is 4.98 Å². The fourth-order valence-electron chi connectivity index (χ4n) is 1.70. The number of aliphatic carboxylic acids is 1. The molecule has 0 aliphatic rings. The molecule has 1 aromatic heterocycles. The highest BCUT2D eigenvalue weighted by molar-refractivity contribution is 5.68. The Hall–Kier alpha value is -1.89. The van der Waals surface area contributed by atoms with Crippen molar-refractivity contribution in [3.63, 3.8) is 0 Å². The molecule has 4 heteroatoms. The molecule has 0 amide bonds. The lowest BCUT2D eigenvalue weighted by molar-refractivity contribution is -0.137. The minimum atomic E-state index is -0.855. The molecule has 0 saturated heterocycles. The number of hydrogen-bond acceptors (Lipinski definition) is 3. The molecule has 1 N–H and O–H groups in total. The molecule has 0 spiro atoms. The van der Waals surface area contributed by atoms with Gasteiger partial charge in [-0.3, -0.25) is 4.79 Å². The summed E-state index contributed by atoms with van der Waals surface area (Å²) in [5.74, 6) is -0.861. The SMILES string of the molecule is CC(C)C(CC(=O)O)c1cccnc1C#N. The molecule has 0 aliphatic heterocycles. The van der Waals surface area contributed by atoms with Crippen LogP contribution in [-0.4, -0.2) is 16.1 Å². The maximum atomic E-state index is 10.8. The van der Waals surface area contributed by atoms with Crippen LogP contribution in [0, 0.1) is 17.2 Å². The van der Waals surface area contributed by atoms with Crippen LogP contribution in [0.15, 0.2) is 18.3 Å². The van der Waals surface area contributed by atoms with Crippen LogP contribution in [0.2, 0.25) is 0 Å². The zero-order chi connectivity index (χ0) is 12.1. The number of rotatable bonds is 4. The topological polar surface area (TPSA) is 74.0 Å². The number of aromatic nitrogens is 1. The van der Waals surface area contributed by atoms with Gasteiger partial charge < -0.3 is 5.11 Å². The summed E-state index contributed by atoms with van der Waals surface area (Å²) in [5.41, 5.74) is 1.05. The third-order valence-corrected chi connectivity index (χ3v) is 2.54. The normalized spacial score (nSPS) is 12.1. The first-order valence-electron chi connectivity index (χ1n) is 5.13. The molecule has 1 heterocycles. The summed E-state index contributed by atoms with van der Waals surface area (Å²) >= 11 is 0. The molecule has 1 rings (SSSR count). The van der Waals surface area contributed by atoms with Crippen molar-refractivity contribution < 1.29 is 9.90 Å². The number of carbonyl (C=O) groups is 1. The molecule has 1 atom stereocenters. The molecule has 0 saturated carbocycles. The summed E-state index contributed by atoms with van der Waals surface area (Å²) in [6.45, 7) is 3.89. The molecule has 0 aliphatic carbocycles. The first-order valence-corrected chi connectivity index (χ1v) is 5.13. The van der Waals surface area contributed by atoms with Gasteiger partial charge in [-0.15, -0.1) is 0 Å². The van der Waals surface area contributed by atoms with E-state index in [1.807, 2.05) is 19.9 Å². The third kappa shape index (κ3) is 2.80. The average molecular weight is 218 g/mol. The molecule has 0 aromatic carbocycles. The first-order chi connectivity index (χ1) is 7.56. The summed E-state index contributed by atoms with van der Waals surface area (Å²) in [6, 6.07) is 5.51. The Morgan fingerprint density at radius 2 is 2.31 bits per heavy atom. The smallest absolute Gasteiger partial charge is 0.303 e. The molecule has 1 aromatic rings. The maximum absolute atomic E-state index is 10.8. The Balaban J connectivity index is 3.11. The number of carboxylic acid groups (broad SMARTS) is 1. The highest BCUT2D eigenvalue weighted by Crippen LogP contribution is 2.29. The summed E-state index contributed by atoms with van der Waals surface area (Å²) in [6.07, 6.45) is 1.57. The fraction of sp³-hybridized carbons (Fsp3) is 0.417. The number of hydrogen-bond donors (Lipinski definition) is 1. The summed E-state index contributed by atoms with van der Waals surface area (Å²) in [5, 5.41) is 17.8. The van der Waals surface area contributed by atoms with Crippen LogP contribution in [0.3, 0.4) is 0 Å². The van der Waals surface area contributed by atoms with Gasteiger partial charge in [-0.05, 0) is 23.5 Å². The van der Waals surface area contributed by atoms with Gasteiger partial charge in [0.05, 0.1) is 6.42 Å². The minimum absolute atomic E-state index is 0.0258. The molecular formula is C12H14N2O2. The van der Waals surface area contributed by atoms with Crippen LogP contribution in [0.1, 0.15) is 37.4 Å². The zero-order valence-corrected chi connectivity index (χ0v) is 9.34. The van der Waals surface area contributed by atoms with Crippen molar-refractivity contribution in [3.05, 3.63) is 29.6 Å². The molecule has 0 radical (unpaired) electrons. The summed E-state index contributed by atoms with van der Waals surface area (Å²) in [7, 11) is 0. The van der Waals surface area contributed by atoms with Gasteiger partial charge in [0.2, 0.25) is 0 Å². The minimum Gasteiger partial charge on any atom is -0.481 e. The predicted molar refractivity (Wildman–Crippen MR) is 58.8 cm³/mol. The first kappa shape index (κ1) is 12.2. The van der Waals surface area contributed by atoms with Crippen molar-refractivity contribution in [2.45, 2.75) is 26.2 Å². The Labute approximate surface area is 94.6 Å². The monoisotopic (exact) mass is 218 g/mol. The van der Waals surface area contributed by atoms with E-state index < -0.39 is 5.97 Å². The number of carboxylic acids is 1. The van der Waals surface area contributed by atoms with E-state index in [0.29, 0.717) is 5.69 Å². The van der Waals surface area contributed by atoms with Crippen molar-refractivity contribution in [1.29, 1.82) is 5.26 Å². The maximum Gasteiger partial charge on any atom is 0.303 e. The van der Waals surface area contributed by atoms with Gasteiger partial charge in [0.1, 0.15) is 11.8 Å². The second-order valence-electron chi connectivity index (χ2n) is 4.00. The summed E-state index contributed by atoms with van der Waals surface area (Å²) in [4.78, 5) is 14.7. The molecule has 84 valence electrons. The van der Waals surface area contributed by atoms with Crippen molar-refractivity contribution in [2.75, 3.05) is 0 Å². The highest BCUT2D eigenvalue weighted by Gasteiger charge is 2.22. The number of nitrogens with zero attached hydrogens (tertiary/aromatic N) is 2. The van der Waals surface area contributed by atoms with E-state index in [-0.39, 0.29) is 18.3 Å². The van der Waals surface area contributed by atoms with Gasteiger partial charge in [-0.25, -0.2) is 4.98 Å². The lowest BCUT2D eigenvalue weighted by atomic mass is 9.85. The van der Waals surface area contributed by atoms with Crippen molar-refractivity contribution >= 4 is 5.97 Å². The molecule has 1 unspecified atom stereocenters. The van der Waals surface area contributed by atoms with Gasteiger partial charge in [-0.2, -0.15) is 5.26 Å². The van der Waals surface area contributed by atoms with E-state index in [4.69, 9.17) is 10.4 Å². The van der Waals surface area contributed by atoms with E-state index in [1.165, 1.54) is 0 Å². The Bertz CT molecular complexity index is 421. The van der Waals surface area contributed by atoms with Gasteiger partial charge >= 0.3 is 5.97 Å². The Kier molecular flexibility index (Phi) is 4.01. The molecule has 0 fully saturated rings. The van der Waals surface area contributed by atoms with Gasteiger partial charge in [0.15, 0.2) is 0 Å². The standard InChI is InChI=1S/C12H14N2O2/c1-8(2)10(6-12(15)16)9-4-3-5-14-11(9)7-13/h3-5,8,10H,6H2,1-2H3,(H,15,16). The van der Waals surface area contributed by atoms with Crippen LogP contribution < -0.4 is 0 Å². The molecule has 4 nitrogen and oxygen atoms in total. The van der Waals surface area contributed by atoms with Gasteiger partial charge in [0, 0.05) is 6.20 Å². The van der Waals surface area contributed by atoms with E-state index in [0.717, 1.165) is 5.56 Å². The highest BCUT2D eigenvalue weighted by atomic mass is 16.4. The van der Waals surface area contributed by atoms with Crippen molar-refractivity contribution in [1.82, 2.24) is 4.98 Å². The molecule has 16 heavy (non-hydrogen) atoms. The van der Waals surface area contributed by atoms with Crippen molar-refractivity contribution in [2.24, 2.45) is 5.92 Å². The quantitative estimate of drug-likeness (QED) is 0.840. The summed E-state index contributed by atoms with van der Waals surface area (Å²) < 4.78 is 0. The Morgan fingerprint density at radius 1 is 1.62 bits per heavy atom. The zero-order valence-electron chi connectivity index (χ0n) is 9.34. The van der Waals surface area contributed by atoms with Crippen LogP contribution in [0.5, 0.6) is 0 Å². The van der Waals surface area contributed by atoms with Crippen LogP contribution >= 0.6 is 0 Å². The third-order valence-electron chi connectivity index (χ3n) is 2.54. The second-order valence-corrected chi connectivity index (χ2v) is 4.00. The number of nitriles is 1. The largest absolute Gasteiger partial charge is 0.481 e. The Morgan fingerprint density at radius 3 is 2.81 bits per heavy atom. The molecule has 0 bridgehead atoms. The molecular weight excluding hydrogens is 204 g/mol. The van der Waals surface area contributed by atoms with Gasteiger partial charge in [-0.1, -0.05) is 19.9 Å². The lowest BCUT2D eigenvalue weighted by Crippen LogP contribution is -2.14.